The molecule has 5 nitrogen and oxygen atoms in total. The molecule has 1 aromatic carbocycles. The van der Waals surface area contributed by atoms with E-state index < -0.39 is 10.7 Å². The zero-order chi connectivity index (χ0) is 14.0. The largest absolute Gasteiger partial charge is 0.376 e. The average molecular weight is 289 g/mol. The first-order valence-corrected chi connectivity index (χ1v) is 6.38. The number of nitro groups is 1. The molecule has 0 radical (unpaired) electrons. The van der Waals surface area contributed by atoms with Crippen LogP contribution in [0.1, 0.15) is 19.8 Å². The van der Waals surface area contributed by atoms with Gasteiger partial charge < -0.3 is 10.1 Å². The number of nitro benzene ring substituents is 1. The summed E-state index contributed by atoms with van der Waals surface area (Å²) in [5, 5.41) is 13.6. The van der Waals surface area contributed by atoms with Gasteiger partial charge in [0.15, 0.2) is 0 Å². The van der Waals surface area contributed by atoms with E-state index in [0.717, 1.165) is 25.0 Å². The van der Waals surface area contributed by atoms with Crippen LogP contribution in [0.15, 0.2) is 12.1 Å². The second-order valence-electron chi connectivity index (χ2n) is 4.53. The third-order valence-electron chi connectivity index (χ3n) is 3.14. The Bertz CT molecular complexity index is 492. The first-order chi connectivity index (χ1) is 8.99. The number of benzene rings is 1. The molecule has 19 heavy (non-hydrogen) atoms. The van der Waals surface area contributed by atoms with Crippen LogP contribution in [0.5, 0.6) is 0 Å². The van der Waals surface area contributed by atoms with Gasteiger partial charge in [-0.05, 0) is 19.8 Å². The fraction of sp³-hybridized carbons (Fsp3) is 0.500. The summed E-state index contributed by atoms with van der Waals surface area (Å²) < 4.78 is 18.9. The molecule has 0 aliphatic carbocycles. The molecule has 104 valence electrons. The third-order valence-corrected chi connectivity index (χ3v) is 3.43. The van der Waals surface area contributed by atoms with Crippen LogP contribution in [0.2, 0.25) is 5.02 Å². The molecule has 2 rings (SSSR count). The highest BCUT2D eigenvalue weighted by Crippen LogP contribution is 2.31. The molecule has 0 saturated carbocycles. The number of rotatable bonds is 4. The van der Waals surface area contributed by atoms with Crippen LogP contribution in [-0.4, -0.2) is 23.7 Å². The maximum absolute atomic E-state index is 13.4. The SMILES string of the molecule is CC(Nc1cc(F)c(Cl)cc1[N+](=O)[O-])C1CCCO1. The van der Waals surface area contributed by atoms with E-state index >= 15 is 0 Å². The van der Waals surface area contributed by atoms with E-state index in [-0.39, 0.29) is 28.5 Å². The summed E-state index contributed by atoms with van der Waals surface area (Å²) in [6.45, 7) is 2.54. The number of ether oxygens (including phenoxy) is 1. The lowest BCUT2D eigenvalue weighted by molar-refractivity contribution is -0.384. The van der Waals surface area contributed by atoms with Crippen LogP contribution >= 0.6 is 11.6 Å². The van der Waals surface area contributed by atoms with Gasteiger partial charge in [-0.3, -0.25) is 10.1 Å². The number of halogens is 2. The van der Waals surface area contributed by atoms with E-state index in [0.29, 0.717) is 6.61 Å². The quantitative estimate of drug-likeness (QED) is 0.681. The molecule has 1 N–H and O–H groups in total. The highest BCUT2D eigenvalue weighted by atomic mass is 35.5. The Labute approximate surface area is 114 Å². The van der Waals surface area contributed by atoms with Crippen molar-refractivity contribution in [3.8, 4) is 0 Å². The lowest BCUT2D eigenvalue weighted by Crippen LogP contribution is -2.30. The Morgan fingerprint density at radius 1 is 1.63 bits per heavy atom. The van der Waals surface area contributed by atoms with Gasteiger partial charge >= 0.3 is 0 Å². The number of hydrogen-bond acceptors (Lipinski definition) is 4. The molecule has 0 amide bonds. The summed E-state index contributed by atoms with van der Waals surface area (Å²) in [5.74, 6) is -0.686. The predicted molar refractivity (Wildman–Crippen MR) is 70.1 cm³/mol. The van der Waals surface area contributed by atoms with Gasteiger partial charge in [0.1, 0.15) is 11.5 Å². The maximum Gasteiger partial charge on any atom is 0.294 e. The number of hydrogen-bond donors (Lipinski definition) is 1. The van der Waals surface area contributed by atoms with E-state index in [1.54, 1.807) is 0 Å². The van der Waals surface area contributed by atoms with Crippen molar-refractivity contribution in [1.29, 1.82) is 0 Å². The van der Waals surface area contributed by atoms with Crippen LogP contribution in [0, 0.1) is 15.9 Å². The third kappa shape index (κ3) is 3.13. The van der Waals surface area contributed by atoms with Crippen LogP contribution in [-0.2, 0) is 4.74 Å². The van der Waals surface area contributed by atoms with Crippen LogP contribution < -0.4 is 5.32 Å². The van der Waals surface area contributed by atoms with Crippen molar-refractivity contribution in [2.45, 2.75) is 31.9 Å². The Hall–Kier alpha value is -1.40. The zero-order valence-electron chi connectivity index (χ0n) is 10.4. The van der Waals surface area contributed by atoms with Gasteiger partial charge in [0.25, 0.3) is 5.69 Å². The minimum absolute atomic E-state index is 0.0154. The highest BCUT2D eigenvalue weighted by Gasteiger charge is 2.25. The Morgan fingerprint density at radius 2 is 2.37 bits per heavy atom. The topological polar surface area (TPSA) is 64.4 Å². The molecule has 1 aliphatic heterocycles. The van der Waals surface area contributed by atoms with Gasteiger partial charge in [-0.1, -0.05) is 11.6 Å². The Morgan fingerprint density at radius 3 is 2.95 bits per heavy atom. The molecule has 2 unspecified atom stereocenters. The summed E-state index contributed by atoms with van der Waals surface area (Å²) in [6, 6.07) is 1.93. The lowest BCUT2D eigenvalue weighted by Gasteiger charge is -2.21. The minimum Gasteiger partial charge on any atom is -0.376 e. The Balaban J connectivity index is 2.22. The van der Waals surface area contributed by atoms with E-state index in [1.807, 2.05) is 6.92 Å². The average Bonchev–Trinajstić information content (AvgIpc) is 2.86. The van der Waals surface area contributed by atoms with Crippen LogP contribution in [0.3, 0.4) is 0 Å². The first-order valence-electron chi connectivity index (χ1n) is 6.00. The summed E-state index contributed by atoms with van der Waals surface area (Å²) in [4.78, 5) is 10.4. The molecule has 1 heterocycles. The first kappa shape index (κ1) is 14.0. The molecule has 0 spiro atoms. The predicted octanol–water partition coefficient (Wildman–Crippen LogP) is 3.37. The molecule has 0 aromatic heterocycles. The summed E-state index contributed by atoms with van der Waals surface area (Å²) in [7, 11) is 0. The number of nitrogens with one attached hydrogen (secondary N) is 1. The van der Waals surface area contributed by atoms with Crippen molar-refractivity contribution < 1.29 is 14.1 Å². The van der Waals surface area contributed by atoms with Gasteiger partial charge in [0, 0.05) is 24.8 Å². The van der Waals surface area contributed by atoms with Crippen molar-refractivity contribution in [3.63, 3.8) is 0 Å². The van der Waals surface area contributed by atoms with Crippen molar-refractivity contribution in [2.75, 3.05) is 11.9 Å². The minimum atomic E-state index is -0.686. The van der Waals surface area contributed by atoms with Crippen molar-refractivity contribution in [1.82, 2.24) is 0 Å². The van der Waals surface area contributed by atoms with E-state index in [2.05, 4.69) is 5.32 Å². The van der Waals surface area contributed by atoms with Gasteiger partial charge in [0.2, 0.25) is 0 Å². The molecular weight excluding hydrogens is 275 g/mol. The second kappa shape index (κ2) is 5.71. The Kier molecular flexibility index (Phi) is 4.21. The van der Waals surface area contributed by atoms with Gasteiger partial charge in [-0.25, -0.2) is 4.39 Å². The summed E-state index contributed by atoms with van der Waals surface area (Å²) in [6.07, 6.45) is 1.84. The summed E-state index contributed by atoms with van der Waals surface area (Å²) >= 11 is 5.56. The molecule has 2 atom stereocenters. The molecular formula is C12H14ClFN2O3. The fourth-order valence-electron chi connectivity index (χ4n) is 2.14. The van der Waals surface area contributed by atoms with E-state index in [9.17, 15) is 14.5 Å². The lowest BCUT2D eigenvalue weighted by atomic mass is 10.1. The standard InChI is InChI=1S/C12H14ClFN2O3/c1-7(12-3-2-4-19-12)15-10-6-9(14)8(13)5-11(10)16(17)18/h5-7,12,15H,2-4H2,1H3. The number of nitrogens with zero attached hydrogens (tertiary/aromatic N) is 1. The van der Waals surface area contributed by atoms with Crippen molar-refractivity contribution >= 4 is 23.0 Å². The molecule has 1 aromatic rings. The van der Waals surface area contributed by atoms with Gasteiger partial charge in [-0.2, -0.15) is 0 Å². The fourth-order valence-corrected chi connectivity index (χ4v) is 2.30. The molecule has 1 saturated heterocycles. The van der Waals surface area contributed by atoms with E-state index in [4.69, 9.17) is 16.3 Å². The number of anilines is 1. The molecule has 7 heteroatoms. The zero-order valence-corrected chi connectivity index (χ0v) is 11.1. The van der Waals surface area contributed by atoms with Gasteiger partial charge in [0.05, 0.1) is 16.0 Å². The second-order valence-corrected chi connectivity index (χ2v) is 4.93. The van der Waals surface area contributed by atoms with Gasteiger partial charge in [-0.15, -0.1) is 0 Å². The van der Waals surface area contributed by atoms with Crippen LogP contribution in [0.25, 0.3) is 0 Å². The smallest absolute Gasteiger partial charge is 0.294 e. The maximum atomic E-state index is 13.4. The molecule has 0 bridgehead atoms. The van der Waals surface area contributed by atoms with E-state index in [1.165, 1.54) is 0 Å². The summed E-state index contributed by atoms with van der Waals surface area (Å²) in [5.41, 5.74) is -0.119. The highest BCUT2D eigenvalue weighted by molar-refractivity contribution is 6.31. The van der Waals surface area contributed by atoms with Crippen LogP contribution in [0.4, 0.5) is 15.8 Å². The monoisotopic (exact) mass is 288 g/mol. The molecule has 1 fully saturated rings. The van der Waals surface area contributed by atoms with Crippen molar-refractivity contribution in [3.05, 3.63) is 33.1 Å². The normalized spacial score (nSPS) is 20.3. The van der Waals surface area contributed by atoms with Crippen molar-refractivity contribution in [2.24, 2.45) is 0 Å². The molecule has 1 aliphatic rings.